The molecule has 0 saturated carbocycles. The predicted molar refractivity (Wildman–Crippen MR) is 250 cm³/mol. The quantitative estimate of drug-likeness (QED) is 0.120. The first-order valence-electron chi connectivity index (χ1n) is 20.4. The van der Waals surface area contributed by atoms with Gasteiger partial charge in [0.25, 0.3) is 0 Å². The van der Waals surface area contributed by atoms with Crippen LogP contribution in [-0.4, -0.2) is 15.0 Å². The monoisotopic (exact) mass is 763 g/mol. The summed E-state index contributed by atoms with van der Waals surface area (Å²) in [6.45, 7) is 0. The van der Waals surface area contributed by atoms with Crippen LogP contribution in [0.15, 0.2) is 224 Å². The lowest BCUT2D eigenvalue weighted by Gasteiger charge is -2.15. The van der Waals surface area contributed by atoms with Crippen molar-refractivity contribution in [1.29, 1.82) is 0 Å². The van der Waals surface area contributed by atoms with E-state index in [1.165, 1.54) is 43.4 Å². The minimum atomic E-state index is 0.616. The molecule has 0 aliphatic rings. The molecule has 11 aromatic rings. The largest absolute Gasteiger partial charge is 0.208 e. The highest BCUT2D eigenvalue weighted by Crippen LogP contribution is 2.41. The SMILES string of the molecule is c1ccc(-c2ccccc2-c2nc(-c3cccc(-c4cccc(-c5c6ccccc6cc6c5ccc5ccccc56)c4)c3)nc(-c3ccccc3-c3ccccc3)n2)cc1. The van der Waals surface area contributed by atoms with Crippen LogP contribution < -0.4 is 0 Å². The van der Waals surface area contributed by atoms with Gasteiger partial charge < -0.3 is 0 Å². The zero-order valence-electron chi connectivity index (χ0n) is 32.7. The van der Waals surface area contributed by atoms with Gasteiger partial charge in [0.1, 0.15) is 0 Å². The Morgan fingerprint density at radius 2 is 0.667 bits per heavy atom. The van der Waals surface area contributed by atoms with E-state index in [-0.39, 0.29) is 0 Å². The third kappa shape index (κ3) is 6.39. The highest BCUT2D eigenvalue weighted by molar-refractivity contribution is 6.20. The summed E-state index contributed by atoms with van der Waals surface area (Å²) in [5.41, 5.74) is 11.8. The summed E-state index contributed by atoms with van der Waals surface area (Å²) in [7, 11) is 0. The van der Waals surface area contributed by atoms with Crippen LogP contribution >= 0.6 is 0 Å². The molecule has 0 amide bonds. The molecule has 0 fully saturated rings. The van der Waals surface area contributed by atoms with Crippen molar-refractivity contribution in [2.75, 3.05) is 0 Å². The lowest BCUT2D eigenvalue weighted by atomic mass is 9.89. The lowest BCUT2D eigenvalue weighted by Crippen LogP contribution is -2.02. The number of rotatable bonds is 7. The minimum absolute atomic E-state index is 0.616. The third-order valence-electron chi connectivity index (χ3n) is 11.5. The van der Waals surface area contributed by atoms with Crippen LogP contribution in [0.4, 0.5) is 0 Å². The van der Waals surface area contributed by atoms with Gasteiger partial charge in [-0.25, -0.2) is 15.0 Å². The van der Waals surface area contributed by atoms with Crippen LogP contribution in [-0.2, 0) is 0 Å². The van der Waals surface area contributed by atoms with Crippen molar-refractivity contribution >= 4 is 32.3 Å². The summed E-state index contributed by atoms with van der Waals surface area (Å²) in [5, 5.41) is 7.48. The molecule has 1 heterocycles. The first-order chi connectivity index (χ1) is 29.7. The van der Waals surface area contributed by atoms with Crippen LogP contribution in [0, 0.1) is 0 Å². The summed E-state index contributed by atoms with van der Waals surface area (Å²) < 4.78 is 0. The fourth-order valence-corrected chi connectivity index (χ4v) is 8.66. The second kappa shape index (κ2) is 15.1. The average Bonchev–Trinajstić information content (AvgIpc) is 3.33. The Hall–Kier alpha value is -8.01. The Balaban J connectivity index is 1.08. The van der Waals surface area contributed by atoms with E-state index in [1.807, 2.05) is 12.1 Å². The standard InChI is InChI=1S/C57H37N3/c1-3-17-38(18-4-1)46-27-11-13-31-51(46)56-58-55(59-57(60-56)52-32-14-12-28-47(52)39-19-5-2-6-20-39)45-26-16-24-42(36-45)41-23-15-25-44(35-41)54-49-30-10-8-22-43(49)37-53-48-29-9-7-21-40(48)33-34-50(53)54/h1-37H. The highest BCUT2D eigenvalue weighted by Gasteiger charge is 2.19. The fourth-order valence-electron chi connectivity index (χ4n) is 8.66. The molecule has 3 heteroatoms. The van der Waals surface area contributed by atoms with Crippen LogP contribution in [0.1, 0.15) is 0 Å². The molecule has 0 atom stereocenters. The molecule has 0 radical (unpaired) electrons. The number of nitrogens with zero attached hydrogens (tertiary/aromatic N) is 3. The molecule has 280 valence electrons. The average molecular weight is 764 g/mol. The minimum Gasteiger partial charge on any atom is -0.208 e. The van der Waals surface area contributed by atoms with Crippen LogP contribution in [0.2, 0.25) is 0 Å². The predicted octanol–water partition coefficient (Wildman–Crippen LogP) is 15.0. The Morgan fingerprint density at radius 3 is 1.30 bits per heavy atom. The molecule has 0 N–H and O–H groups in total. The van der Waals surface area contributed by atoms with Crippen molar-refractivity contribution < 1.29 is 0 Å². The molecule has 0 unspecified atom stereocenters. The Morgan fingerprint density at radius 1 is 0.217 bits per heavy atom. The van der Waals surface area contributed by atoms with Crippen LogP contribution in [0.25, 0.3) is 111 Å². The number of hydrogen-bond donors (Lipinski definition) is 0. The van der Waals surface area contributed by atoms with E-state index >= 15 is 0 Å². The topological polar surface area (TPSA) is 38.7 Å². The van der Waals surface area contributed by atoms with Crippen molar-refractivity contribution in [3.8, 4) is 78.7 Å². The third-order valence-corrected chi connectivity index (χ3v) is 11.5. The van der Waals surface area contributed by atoms with Gasteiger partial charge in [0.05, 0.1) is 0 Å². The Bertz CT molecular complexity index is 3270. The molecule has 0 saturated heterocycles. The van der Waals surface area contributed by atoms with Gasteiger partial charge in [-0.1, -0.05) is 206 Å². The summed E-state index contributed by atoms with van der Waals surface area (Å²) in [6.07, 6.45) is 0. The summed E-state index contributed by atoms with van der Waals surface area (Å²) in [4.78, 5) is 15.8. The van der Waals surface area contributed by atoms with Gasteiger partial charge in [-0.2, -0.15) is 0 Å². The first-order valence-corrected chi connectivity index (χ1v) is 20.4. The first kappa shape index (κ1) is 35.2. The van der Waals surface area contributed by atoms with Crippen molar-refractivity contribution in [2.45, 2.75) is 0 Å². The van der Waals surface area contributed by atoms with E-state index in [0.717, 1.165) is 50.1 Å². The second-order valence-corrected chi connectivity index (χ2v) is 15.1. The molecule has 60 heavy (non-hydrogen) atoms. The van der Waals surface area contributed by atoms with Gasteiger partial charge in [-0.05, 0) is 95.0 Å². The van der Waals surface area contributed by atoms with E-state index < -0.39 is 0 Å². The smallest absolute Gasteiger partial charge is 0.164 e. The molecule has 0 aliphatic heterocycles. The number of hydrogen-bond acceptors (Lipinski definition) is 3. The highest BCUT2D eigenvalue weighted by atomic mass is 15.0. The lowest BCUT2D eigenvalue weighted by molar-refractivity contribution is 1.07. The molecular formula is C57H37N3. The molecule has 0 spiro atoms. The van der Waals surface area contributed by atoms with Crippen molar-refractivity contribution in [2.24, 2.45) is 0 Å². The van der Waals surface area contributed by atoms with Gasteiger partial charge in [0.15, 0.2) is 17.5 Å². The van der Waals surface area contributed by atoms with Crippen molar-refractivity contribution in [1.82, 2.24) is 15.0 Å². The van der Waals surface area contributed by atoms with Crippen molar-refractivity contribution in [3.63, 3.8) is 0 Å². The summed E-state index contributed by atoms with van der Waals surface area (Å²) >= 11 is 0. The van der Waals surface area contributed by atoms with Gasteiger partial charge in [-0.15, -0.1) is 0 Å². The van der Waals surface area contributed by atoms with E-state index in [4.69, 9.17) is 15.0 Å². The molecular weight excluding hydrogens is 727 g/mol. The number of aromatic nitrogens is 3. The molecule has 0 aliphatic carbocycles. The van der Waals surface area contributed by atoms with Gasteiger partial charge >= 0.3 is 0 Å². The summed E-state index contributed by atoms with van der Waals surface area (Å²) in [5.74, 6) is 1.87. The number of benzene rings is 10. The fraction of sp³-hybridized carbons (Fsp3) is 0. The van der Waals surface area contributed by atoms with Crippen molar-refractivity contribution in [3.05, 3.63) is 224 Å². The summed E-state index contributed by atoms with van der Waals surface area (Å²) in [6, 6.07) is 79.4. The molecule has 3 nitrogen and oxygen atoms in total. The zero-order chi connectivity index (χ0) is 39.8. The Kier molecular flexibility index (Phi) is 8.83. The normalized spacial score (nSPS) is 11.3. The molecule has 11 rings (SSSR count). The maximum Gasteiger partial charge on any atom is 0.164 e. The van der Waals surface area contributed by atoms with Crippen LogP contribution in [0.3, 0.4) is 0 Å². The zero-order valence-corrected chi connectivity index (χ0v) is 32.7. The maximum absolute atomic E-state index is 5.26. The molecule has 10 aromatic carbocycles. The van der Waals surface area contributed by atoms with E-state index in [9.17, 15) is 0 Å². The molecule has 0 bridgehead atoms. The van der Waals surface area contributed by atoms with Gasteiger partial charge in [-0.3, -0.25) is 0 Å². The number of fused-ring (bicyclic) bond motifs is 4. The van der Waals surface area contributed by atoms with E-state index in [1.54, 1.807) is 0 Å². The van der Waals surface area contributed by atoms with Gasteiger partial charge in [0.2, 0.25) is 0 Å². The van der Waals surface area contributed by atoms with E-state index in [2.05, 4.69) is 212 Å². The maximum atomic E-state index is 5.26. The van der Waals surface area contributed by atoms with Gasteiger partial charge in [0, 0.05) is 16.7 Å². The molecule has 1 aromatic heterocycles. The van der Waals surface area contributed by atoms with E-state index in [0.29, 0.717) is 17.5 Å². The van der Waals surface area contributed by atoms with Crippen LogP contribution in [0.5, 0.6) is 0 Å². The second-order valence-electron chi connectivity index (χ2n) is 15.1. The Labute approximate surface area is 349 Å².